The summed E-state index contributed by atoms with van der Waals surface area (Å²) in [7, 11) is 0. The molecule has 2 aromatic rings. The van der Waals surface area contributed by atoms with Crippen molar-refractivity contribution in [1.82, 2.24) is 0 Å². The molecule has 0 atom stereocenters. The highest BCUT2D eigenvalue weighted by Gasteiger charge is 2.31. The van der Waals surface area contributed by atoms with Gasteiger partial charge in [0.15, 0.2) is 0 Å². The van der Waals surface area contributed by atoms with Crippen LogP contribution >= 0.6 is 0 Å². The van der Waals surface area contributed by atoms with Crippen molar-refractivity contribution < 1.29 is 14.3 Å². The summed E-state index contributed by atoms with van der Waals surface area (Å²) in [4.78, 5) is 23.1. The highest BCUT2D eigenvalue weighted by Crippen LogP contribution is 2.25. The second-order valence-electron chi connectivity index (χ2n) is 4.19. The predicted molar refractivity (Wildman–Crippen MR) is 71.6 cm³/mol. The van der Waals surface area contributed by atoms with E-state index in [9.17, 15) is 9.59 Å². The van der Waals surface area contributed by atoms with Gasteiger partial charge in [-0.2, -0.15) is 0 Å². The van der Waals surface area contributed by atoms with Crippen molar-refractivity contribution in [2.24, 2.45) is 0 Å². The van der Waals surface area contributed by atoms with E-state index in [1.54, 1.807) is 18.2 Å². The molecule has 0 saturated heterocycles. The molecule has 3 heteroatoms. The molecule has 0 saturated carbocycles. The maximum Gasteiger partial charge on any atom is 0.347 e. The molecule has 19 heavy (non-hydrogen) atoms. The Morgan fingerprint density at radius 3 is 2.37 bits per heavy atom. The predicted octanol–water partition coefficient (Wildman–Crippen LogP) is 3.17. The maximum atomic E-state index is 11.6. The van der Waals surface area contributed by atoms with E-state index in [0.29, 0.717) is 16.7 Å². The number of cyclic esters (lactones) is 2. The van der Waals surface area contributed by atoms with E-state index in [4.69, 9.17) is 0 Å². The van der Waals surface area contributed by atoms with Crippen molar-refractivity contribution in [3.63, 3.8) is 0 Å². The van der Waals surface area contributed by atoms with Crippen LogP contribution in [0.1, 0.15) is 31.8 Å². The molecule has 0 aliphatic carbocycles. The molecule has 0 amide bonds. The average Bonchev–Trinajstić information content (AvgIpc) is 2.74. The third-order valence-corrected chi connectivity index (χ3v) is 2.96. The Hall–Kier alpha value is -2.68. The Morgan fingerprint density at radius 1 is 0.789 bits per heavy atom. The first kappa shape index (κ1) is 11.4. The van der Waals surface area contributed by atoms with Crippen LogP contribution in [0, 0.1) is 0 Å². The lowest BCUT2D eigenvalue weighted by atomic mass is 10.0. The summed E-state index contributed by atoms with van der Waals surface area (Å²) in [6.07, 6.45) is 3.71. The molecule has 1 aliphatic heterocycles. The third kappa shape index (κ3) is 2.06. The number of esters is 2. The fraction of sp³-hybridized carbons (Fsp3) is 0. The first-order valence-electron chi connectivity index (χ1n) is 5.88. The van der Waals surface area contributed by atoms with Gasteiger partial charge in [-0.1, -0.05) is 54.6 Å². The van der Waals surface area contributed by atoms with Gasteiger partial charge in [-0.25, -0.2) is 9.59 Å². The number of fused-ring (bicyclic) bond motifs is 1. The number of benzene rings is 2. The lowest BCUT2D eigenvalue weighted by Crippen LogP contribution is -1.98. The van der Waals surface area contributed by atoms with E-state index in [-0.39, 0.29) is 0 Å². The zero-order chi connectivity index (χ0) is 13.2. The molecule has 92 valence electrons. The molecule has 2 aromatic carbocycles. The van der Waals surface area contributed by atoms with Crippen LogP contribution < -0.4 is 0 Å². The van der Waals surface area contributed by atoms with Crippen LogP contribution in [-0.4, -0.2) is 11.9 Å². The Balaban J connectivity index is 2.02. The Morgan fingerprint density at radius 2 is 1.58 bits per heavy atom. The fourth-order valence-corrected chi connectivity index (χ4v) is 2.05. The number of ether oxygens (including phenoxy) is 1. The van der Waals surface area contributed by atoms with Gasteiger partial charge in [0.05, 0.1) is 11.1 Å². The van der Waals surface area contributed by atoms with Crippen LogP contribution in [0.4, 0.5) is 0 Å². The largest absolute Gasteiger partial charge is 0.386 e. The van der Waals surface area contributed by atoms with Crippen molar-refractivity contribution in [2.45, 2.75) is 0 Å². The SMILES string of the molecule is O=C1OC(=O)c2c(C=Cc3ccccc3)cccc21. The topological polar surface area (TPSA) is 43.4 Å². The van der Waals surface area contributed by atoms with Gasteiger partial charge in [0, 0.05) is 0 Å². The second kappa shape index (κ2) is 4.53. The van der Waals surface area contributed by atoms with E-state index in [1.807, 2.05) is 42.5 Å². The monoisotopic (exact) mass is 250 g/mol. The lowest BCUT2D eigenvalue weighted by molar-refractivity contribution is 0.0444. The molecule has 0 spiro atoms. The molecular weight excluding hydrogens is 240 g/mol. The Labute approximate surface area is 110 Å². The molecule has 3 rings (SSSR count). The first-order valence-corrected chi connectivity index (χ1v) is 5.88. The Kier molecular flexibility index (Phi) is 2.72. The van der Waals surface area contributed by atoms with Crippen molar-refractivity contribution in [1.29, 1.82) is 0 Å². The van der Waals surface area contributed by atoms with Crippen LogP contribution in [0.25, 0.3) is 12.2 Å². The van der Waals surface area contributed by atoms with E-state index in [1.165, 1.54) is 0 Å². The molecule has 0 fully saturated rings. The zero-order valence-corrected chi connectivity index (χ0v) is 10.00. The van der Waals surface area contributed by atoms with Gasteiger partial charge < -0.3 is 4.74 Å². The summed E-state index contributed by atoms with van der Waals surface area (Å²) in [5.74, 6) is -1.15. The molecule has 3 nitrogen and oxygen atoms in total. The molecule has 1 heterocycles. The molecule has 0 radical (unpaired) electrons. The standard InChI is InChI=1S/C16H10O3/c17-15-13-8-4-7-12(14(13)16(18)19-15)10-9-11-5-2-1-3-6-11/h1-10H. The van der Waals surface area contributed by atoms with E-state index >= 15 is 0 Å². The van der Waals surface area contributed by atoms with Crippen LogP contribution in [0.2, 0.25) is 0 Å². The molecular formula is C16H10O3. The Bertz CT molecular complexity index is 684. The van der Waals surface area contributed by atoms with E-state index in [0.717, 1.165) is 5.56 Å². The summed E-state index contributed by atoms with van der Waals surface area (Å²) in [5.41, 5.74) is 2.40. The van der Waals surface area contributed by atoms with Crippen molar-refractivity contribution in [2.75, 3.05) is 0 Å². The van der Waals surface area contributed by atoms with Gasteiger partial charge >= 0.3 is 11.9 Å². The van der Waals surface area contributed by atoms with Crippen LogP contribution in [0.3, 0.4) is 0 Å². The van der Waals surface area contributed by atoms with Crippen molar-refractivity contribution in [3.05, 3.63) is 70.8 Å². The fourth-order valence-electron chi connectivity index (χ4n) is 2.05. The van der Waals surface area contributed by atoms with Gasteiger partial charge in [-0.15, -0.1) is 0 Å². The number of carbonyl (C=O) groups excluding carboxylic acids is 2. The van der Waals surface area contributed by atoms with Crippen LogP contribution in [-0.2, 0) is 4.74 Å². The minimum Gasteiger partial charge on any atom is -0.386 e. The number of hydrogen-bond donors (Lipinski definition) is 0. The van der Waals surface area contributed by atoms with Gasteiger partial charge in [0.25, 0.3) is 0 Å². The smallest absolute Gasteiger partial charge is 0.347 e. The first-order chi connectivity index (χ1) is 9.25. The van der Waals surface area contributed by atoms with Crippen molar-refractivity contribution >= 4 is 24.1 Å². The van der Waals surface area contributed by atoms with E-state index < -0.39 is 11.9 Å². The minimum atomic E-state index is -0.576. The van der Waals surface area contributed by atoms with Crippen LogP contribution in [0.15, 0.2) is 48.5 Å². The number of hydrogen-bond acceptors (Lipinski definition) is 3. The highest BCUT2D eigenvalue weighted by atomic mass is 16.6. The second-order valence-corrected chi connectivity index (χ2v) is 4.19. The minimum absolute atomic E-state index is 0.334. The summed E-state index contributed by atoms with van der Waals surface area (Å²) in [6.45, 7) is 0. The van der Waals surface area contributed by atoms with Gasteiger partial charge in [0.1, 0.15) is 0 Å². The summed E-state index contributed by atoms with van der Waals surface area (Å²) >= 11 is 0. The zero-order valence-electron chi connectivity index (χ0n) is 10.00. The summed E-state index contributed by atoms with van der Waals surface area (Å²) in [6, 6.07) is 14.9. The van der Waals surface area contributed by atoms with Crippen LogP contribution in [0.5, 0.6) is 0 Å². The molecule has 0 N–H and O–H groups in total. The molecule has 0 bridgehead atoms. The lowest BCUT2D eigenvalue weighted by Gasteiger charge is -1.98. The van der Waals surface area contributed by atoms with Gasteiger partial charge in [-0.05, 0) is 17.2 Å². The van der Waals surface area contributed by atoms with Gasteiger partial charge in [0.2, 0.25) is 0 Å². The van der Waals surface area contributed by atoms with E-state index in [2.05, 4.69) is 4.74 Å². The number of carbonyl (C=O) groups is 2. The summed E-state index contributed by atoms with van der Waals surface area (Å²) < 4.78 is 4.61. The quantitative estimate of drug-likeness (QED) is 0.467. The third-order valence-electron chi connectivity index (χ3n) is 2.96. The highest BCUT2D eigenvalue weighted by molar-refractivity contribution is 6.16. The van der Waals surface area contributed by atoms with Gasteiger partial charge in [-0.3, -0.25) is 0 Å². The maximum absolute atomic E-state index is 11.6. The molecule has 0 aromatic heterocycles. The molecule has 0 unspecified atom stereocenters. The summed E-state index contributed by atoms with van der Waals surface area (Å²) in [5, 5.41) is 0. The number of rotatable bonds is 2. The normalized spacial score (nSPS) is 13.7. The average molecular weight is 250 g/mol. The van der Waals surface area contributed by atoms with Crippen molar-refractivity contribution in [3.8, 4) is 0 Å². The molecule has 1 aliphatic rings.